The van der Waals surface area contributed by atoms with E-state index in [1.54, 1.807) is 27.0 Å². The molecule has 1 amide bonds. The van der Waals surface area contributed by atoms with Crippen LogP contribution in [0.1, 0.15) is 43.4 Å². The fraction of sp³-hybridized carbons (Fsp3) is 0.423. The van der Waals surface area contributed by atoms with E-state index in [1.807, 2.05) is 18.2 Å². The van der Waals surface area contributed by atoms with E-state index in [0.29, 0.717) is 32.0 Å². The van der Waals surface area contributed by atoms with Gasteiger partial charge in [-0.25, -0.2) is 12.8 Å². The molecule has 0 aromatic heterocycles. The van der Waals surface area contributed by atoms with Crippen molar-refractivity contribution in [2.45, 2.75) is 33.3 Å². The van der Waals surface area contributed by atoms with Gasteiger partial charge in [0, 0.05) is 30.8 Å². The van der Waals surface area contributed by atoms with Crippen LogP contribution in [0.25, 0.3) is 5.57 Å². The molecule has 1 fully saturated rings. The Morgan fingerprint density at radius 2 is 1.86 bits per heavy atom. The summed E-state index contributed by atoms with van der Waals surface area (Å²) in [4.78, 5) is 14.6. The number of benzene rings is 2. The number of carbonyl (C=O) groups is 1. The van der Waals surface area contributed by atoms with Crippen molar-refractivity contribution < 1.29 is 27.1 Å². The lowest BCUT2D eigenvalue weighted by Gasteiger charge is -2.35. The molecule has 1 N–H and O–H groups in total. The number of methoxy groups -OCH3 is 1. The van der Waals surface area contributed by atoms with Crippen LogP contribution in [-0.4, -0.2) is 52.2 Å². The third-order valence-electron chi connectivity index (χ3n) is 6.50. The van der Waals surface area contributed by atoms with Crippen LogP contribution in [0.4, 0.5) is 4.39 Å². The number of halogens is 1. The quantitative estimate of drug-likeness (QED) is 0.671. The molecular formula is C26H31FN2O5S. The molecule has 35 heavy (non-hydrogen) atoms. The maximum absolute atomic E-state index is 14.3. The molecule has 188 valence electrons. The highest BCUT2D eigenvalue weighted by molar-refractivity contribution is 7.89. The van der Waals surface area contributed by atoms with Crippen LogP contribution < -0.4 is 14.2 Å². The van der Waals surface area contributed by atoms with Crippen LogP contribution in [-0.2, 0) is 21.4 Å². The molecule has 0 atom stereocenters. The Morgan fingerprint density at radius 1 is 1.14 bits per heavy atom. The van der Waals surface area contributed by atoms with Gasteiger partial charge < -0.3 is 14.4 Å². The van der Waals surface area contributed by atoms with Gasteiger partial charge in [-0.1, -0.05) is 11.6 Å². The SMILES string of the molecule is COc1ccc2c(c1)COc1ccc(F)cc1C2=C1CCN(CC(C)(C)C(=O)NS(C)(=O)=O)CC1. The molecule has 7 nitrogen and oxygen atoms in total. The summed E-state index contributed by atoms with van der Waals surface area (Å²) in [5, 5.41) is 0. The number of nitrogens with one attached hydrogen (secondary N) is 1. The van der Waals surface area contributed by atoms with Crippen molar-refractivity contribution in [2.75, 3.05) is 33.0 Å². The van der Waals surface area contributed by atoms with Gasteiger partial charge in [0.05, 0.1) is 18.8 Å². The Bertz CT molecular complexity index is 1280. The molecule has 4 rings (SSSR count). The average Bonchev–Trinajstić information content (AvgIpc) is 2.94. The van der Waals surface area contributed by atoms with Gasteiger partial charge in [-0.05, 0) is 68.2 Å². The molecule has 2 aromatic carbocycles. The smallest absolute Gasteiger partial charge is 0.240 e. The van der Waals surface area contributed by atoms with Crippen LogP contribution in [0.15, 0.2) is 42.0 Å². The van der Waals surface area contributed by atoms with Gasteiger partial charge in [-0.2, -0.15) is 0 Å². The van der Waals surface area contributed by atoms with Gasteiger partial charge in [-0.15, -0.1) is 0 Å². The summed E-state index contributed by atoms with van der Waals surface area (Å²) >= 11 is 0. The first-order valence-electron chi connectivity index (χ1n) is 11.5. The molecule has 2 heterocycles. The Hall–Kier alpha value is -2.91. The van der Waals surface area contributed by atoms with E-state index in [1.165, 1.54) is 17.7 Å². The van der Waals surface area contributed by atoms with Crippen molar-refractivity contribution in [3.63, 3.8) is 0 Å². The van der Waals surface area contributed by atoms with Gasteiger partial charge in [0.15, 0.2) is 0 Å². The first-order chi connectivity index (χ1) is 16.5. The zero-order chi connectivity index (χ0) is 25.4. The minimum atomic E-state index is -3.62. The molecule has 0 bridgehead atoms. The van der Waals surface area contributed by atoms with E-state index >= 15 is 0 Å². The lowest BCUT2D eigenvalue weighted by atomic mass is 9.85. The van der Waals surface area contributed by atoms with E-state index in [0.717, 1.165) is 47.1 Å². The van der Waals surface area contributed by atoms with Gasteiger partial charge in [0.1, 0.15) is 23.9 Å². The number of hydrogen-bond acceptors (Lipinski definition) is 6. The second kappa shape index (κ2) is 9.62. The molecule has 1 saturated heterocycles. The fourth-order valence-electron chi connectivity index (χ4n) is 4.73. The number of fused-ring (bicyclic) bond motifs is 2. The third kappa shape index (κ3) is 5.67. The second-order valence-electron chi connectivity index (χ2n) is 9.79. The largest absolute Gasteiger partial charge is 0.497 e. The number of amides is 1. The summed E-state index contributed by atoms with van der Waals surface area (Å²) in [6.45, 7) is 5.67. The zero-order valence-corrected chi connectivity index (χ0v) is 21.3. The summed E-state index contributed by atoms with van der Waals surface area (Å²) in [5.74, 6) is 0.541. The normalized spacial score (nSPS) is 16.6. The Kier molecular flexibility index (Phi) is 6.92. The summed E-state index contributed by atoms with van der Waals surface area (Å²) < 4.78 is 50.8. The third-order valence-corrected chi connectivity index (χ3v) is 7.06. The topological polar surface area (TPSA) is 84.9 Å². The maximum atomic E-state index is 14.3. The maximum Gasteiger partial charge on any atom is 0.240 e. The van der Waals surface area contributed by atoms with E-state index in [9.17, 15) is 17.6 Å². The van der Waals surface area contributed by atoms with Crippen LogP contribution in [0, 0.1) is 11.2 Å². The Morgan fingerprint density at radius 3 is 2.51 bits per heavy atom. The number of carbonyl (C=O) groups excluding carboxylic acids is 1. The standard InChI is InChI=1S/C26H31FN2O5S/c1-26(2,25(30)28-35(4,31)32)16-29-11-9-17(10-12-29)24-21-7-6-20(33-3)13-18(21)15-34-23-8-5-19(27)14-22(23)24/h5-8,13-14H,9-12,15-16H2,1-4H3,(H,28,30). The van der Waals surface area contributed by atoms with E-state index in [4.69, 9.17) is 9.47 Å². The lowest BCUT2D eigenvalue weighted by molar-refractivity contribution is -0.128. The Balaban J connectivity index is 1.63. The predicted octanol–water partition coefficient (Wildman–Crippen LogP) is 3.73. The summed E-state index contributed by atoms with van der Waals surface area (Å²) in [7, 11) is -2.00. The van der Waals surface area contributed by atoms with E-state index < -0.39 is 21.3 Å². The Labute approximate surface area is 206 Å². The average molecular weight is 503 g/mol. The number of sulfonamides is 1. The summed E-state index contributed by atoms with van der Waals surface area (Å²) in [6, 6.07) is 10.5. The van der Waals surface area contributed by atoms with Crippen LogP contribution >= 0.6 is 0 Å². The van der Waals surface area contributed by atoms with E-state index in [2.05, 4.69) is 9.62 Å². The molecule has 2 aromatic rings. The molecule has 0 aliphatic carbocycles. The van der Waals surface area contributed by atoms with Crippen LogP contribution in [0.3, 0.4) is 0 Å². The molecular weight excluding hydrogens is 471 g/mol. The van der Waals surface area contributed by atoms with Crippen molar-refractivity contribution in [1.82, 2.24) is 9.62 Å². The van der Waals surface area contributed by atoms with Crippen molar-refractivity contribution in [3.05, 3.63) is 64.5 Å². The summed E-state index contributed by atoms with van der Waals surface area (Å²) in [6.07, 6.45) is 2.45. The number of nitrogens with zero attached hydrogens (tertiary/aromatic N) is 1. The van der Waals surface area contributed by atoms with Crippen molar-refractivity contribution >= 4 is 21.5 Å². The molecule has 2 aliphatic heterocycles. The van der Waals surface area contributed by atoms with Gasteiger partial charge in [0.2, 0.25) is 15.9 Å². The monoisotopic (exact) mass is 502 g/mol. The first kappa shape index (κ1) is 25.2. The van der Waals surface area contributed by atoms with Crippen molar-refractivity contribution in [2.24, 2.45) is 5.41 Å². The highest BCUT2D eigenvalue weighted by Gasteiger charge is 2.33. The first-order valence-corrected chi connectivity index (χ1v) is 13.4. The van der Waals surface area contributed by atoms with Crippen molar-refractivity contribution in [1.29, 1.82) is 0 Å². The highest BCUT2D eigenvalue weighted by atomic mass is 32.2. The molecule has 0 saturated carbocycles. The molecule has 0 spiro atoms. The van der Waals surface area contributed by atoms with Crippen LogP contribution in [0.5, 0.6) is 11.5 Å². The molecule has 0 radical (unpaired) electrons. The minimum absolute atomic E-state index is 0.321. The minimum Gasteiger partial charge on any atom is -0.497 e. The number of ether oxygens (including phenoxy) is 2. The van der Waals surface area contributed by atoms with Crippen molar-refractivity contribution in [3.8, 4) is 11.5 Å². The van der Waals surface area contributed by atoms with Gasteiger partial charge in [-0.3, -0.25) is 9.52 Å². The number of hydrogen-bond donors (Lipinski definition) is 1. The fourth-order valence-corrected chi connectivity index (χ4v) is 5.35. The number of piperidine rings is 1. The highest BCUT2D eigenvalue weighted by Crippen LogP contribution is 2.42. The number of likely N-dealkylation sites (tertiary alicyclic amines) is 1. The zero-order valence-electron chi connectivity index (χ0n) is 20.5. The predicted molar refractivity (Wildman–Crippen MR) is 132 cm³/mol. The second-order valence-corrected chi connectivity index (χ2v) is 11.5. The van der Waals surface area contributed by atoms with Gasteiger partial charge in [0.25, 0.3) is 0 Å². The number of rotatable bonds is 5. The van der Waals surface area contributed by atoms with Gasteiger partial charge >= 0.3 is 0 Å². The summed E-state index contributed by atoms with van der Waals surface area (Å²) in [5.41, 5.74) is 4.04. The molecule has 0 unspecified atom stereocenters. The lowest BCUT2D eigenvalue weighted by Crippen LogP contribution is -2.47. The van der Waals surface area contributed by atoms with E-state index in [-0.39, 0.29) is 5.82 Å². The van der Waals surface area contributed by atoms with Crippen LogP contribution in [0.2, 0.25) is 0 Å². The molecule has 2 aliphatic rings. The molecule has 9 heteroatoms.